The van der Waals surface area contributed by atoms with Crippen molar-refractivity contribution in [1.29, 1.82) is 0 Å². The molecule has 1 rings (SSSR count). The third kappa shape index (κ3) is 3.17. The molecule has 0 unspecified atom stereocenters. The van der Waals surface area contributed by atoms with Gasteiger partial charge in [0.15, 0.2) is 0 Å². The van der Waals surface area contributed by atoms with Gasteiger partial charge >= 0.3 is 0 Å². The summed E-state index contributed by atoms with van der Waals surface area (Å²) in [5.41, 5.74) is 0.678. The number of halogens is 2. The van der Waals surface area contributed by atoms with Gasteiger partial charge in [-0.15, -0.1) is 0 Å². The van der Waals surface area contributed by atoms with E-state index in [-0.39, 0.29) is 17.9 Å². The summed E-state index contributed by atoms with van der Waals surface area (Å²) in [7, 11) is 1.37. The van der Waals surface area contributed by atoms with Gasteiger partial charge in [0, 0.05) is 13.5 Å². The molecule has 4 heteroatoms. The van der Waals surface area contributed by atoms with E-state index < -0.39 is 5.92 Å². The zero-order chi connectivity index (χ0) is 12.2. The number of ether oxygens (including phenoxy) is 1. The van der Waals surface area contributed by atoms with Crippen LogP contribution in [0.25, 0.3) is 0 Å². The van der Waals surface area contributed by atoms with E-state index in [1.54, 1.807) is 12.1 Å². The Bertz CT molecular complexity index is 345. The monoisotopic (exact) mass is 230 g/mol. The first-order chi connectivity index (χ1) is 7.49. The maximum Gasteiger partial charge on any atom is 0.274 e. The lowest BCUT2D eigenvalue weighted by Gasteiger charge is -2.16. The van der Waals surface area contributed by atoms with Crippen molar-refractivity contribution < 1.29 is 18.6 Å². The van der Waals surface area contributed by atoms with Crippen LogP contribution in [0.5, 0.6) is 5.75 Å². The molecule has 1 aromatic rings. The third-order valence-electron chi connectivity index (χ3n) is 2.36. The predicted molar refractivity (Wildman–Crippen MR) is 58.0 cm³/mol. The number of methoxy groups -OCH3 is 1. The fourth-order valence-corrected chi connectivity index (χ4v) is 1.54. The Labute approximate surface area is 93.9 Å². The molecule has 0 aliphatic heterocycles. The van der Waals surface area contributed by atoms with Gasteiger partial charge in [-0.2, -0.15) is 0 Å². The number of hydrogen-bond donors (Lipinski definition) is 1. The van der Waals surface area contributed by atoms with Gasteiger partial charge < -0.3 is 9.84 Å². The van der Waals surface area contributed by atoms with Crippen LogP contribution >= 0.6 is 0 Å². The summed E-state index contributed by atoms with van der Waals surface area (Å²) >= 11 is 0. The van der Waals surface area contributed by atoms with Crippen LogP contribution in [0.15, 0.2) is 18.2 Å². The Balaban J connectivity index is 3.02. The Hall–Kier alpha value is -1.16. The Morgan fingerprint density at radius 1 is 1.38 bits per heavy atom. The molecular formula is C12H16F2O2. The van der Waals surface area contributed by atoms with Crippen LogP contribution < -0.4 is 4.74 Å². The molecular weight excluding hydrogens is 214 g/mol. The summed E-state index contributed by atoms with van der Waals surface area (Å²) in [4.78, 5) is 0. The van der Waals surface area contributed by atoms with Crippen molar-refractivity contribution >= 4 is 0 Å². The third-order valence-corrected chi connectivity index (χ3v) is 2.36. The van der Waals surface area contributed by atoms with Crippen molar-refractivity contribution in [2.24, 2.45) is 0 Å². The summed E-state index contributed by atoms with van der Waals surface area (Å²) in [5.74, 6) is -2.72. The van der Waals surface area contributed by atoms with E-state index >= 15 is 0 Å². The van der Waals surface area contributed by atoms with Crippen LogP contribution in [-0.2, 0) is 12.3 Å². The Kier molecular flexibility index (Phi) is 4.24. The van der Waals surface area contributed by atoms with Crippen LogP contribution in [0.4, 0.5) is 8.78 Å². The fraction of sp³-hybridized carbons (Fsp3) is 0.500. The van der Waals surface area contributed by atoms with E-state index in [9.17, 15) is 8.78 Å². The maximum absolute atomic E-state index is 13.3. The lowest BCUT2D eigenvalue weighted by Crippen LogP contribution is -2.10. The largest absolute Gasteiger partial charge is 0.496 e. The number of aryl methyl sites for hydroxylation is 1. The Morgan fingerprint density at radius 3 is 2.56 bits per heavy atom. The molecule has 0 atom stereocenters. The zero-order valence-corrected chi connectivity index (χ0v) is 9.46. The molecule has 0 aromatic heterocycles. The van der Waals surface area contributed by atoms with Crippen LogP contribution in [0.1, 0.15) is 24.5 Å². The SMILES string of the molecule is COc1ccc(CCCO)cc1C(C)(F)F. The van der Waals surface area contributed by atoms with Gasteiger partial charge in [0.25, 0.3) is 5.92 Å². The minimum Gasteiger partial charge on any atom is -0.496 e. The number of aliphatic hydroxyl groups excluding tert-OH is 1. The highest BCUT2D eigenvalue weighted by Crippen LogP contribution is 2.35. The quantitative estimate of drug-likeness (QED) is 0.842. The molecule has 0 amide bonds. The highest BCUT2D eigenvalue weighted by molar-refractivity contribution is 5.40. The van der Waals surface area contributed by atoms with Crippen molar-refractivity contribution in [3.05, 3.63) is 29.3 Å². The number of rotatable bonds is 5. The molecule has 0 fully saturated rings. The summed E-state index contributed by atoms with van der Waals surface area (Å²) in [5, 5.41) is 8.68. The first kappa shape index (κ1) is 12.9. The van der Waals surface area contributed by atoms with Crippen LogP contribution in [0.3, 0.4) is 0 Å². The second-order valence-corrected chi connectivity index (χ2v) is 3.75. The standard InChI is InChI=1S/C12H16F2O2/c1-12(13,14)10-8-9(4-3-7-15)5-6-11(10)16-2/h5-6,8,15H,3-4,7H2,1-2H3. The molecule has 1 aromatic carbocycles. The molecule has 0 saturated heterocycles. The van der Waals surface area contributed by atoms with Crippen molar-refractivity contribution in [2.45, 2.75) is 25.7 Å². The zero-order valence-electron chi connectivity index (χ0n) is 9.46. The molecule has 2 nitrogen and oxygen atoms in total. The van der Waals surface area contributed by atoms with Crippen LogP contribution in [0, 0.1) is 0 Å². The average molecular weight is 230 g/mol. The Morgan fingerprint density at radius 2 is 2.06 bits per heavy atom. The lowest BCUT2D eigenvalue weighted by molar-refractivity contribution is 0.0150. The second kappa shape index (κ2) is 5.25. The van der Waals surface area contributed by atoms with Gasteiger partial charge in [-0.05, 0) is 30.5 Å². The van der Waals surface area contributed by atoms with Gasteiger partial charge in [-0.3, -0.25) is 0 Å². The number of alkyl halides is 2. The van der Waals surface area contributed by atoms with Gasteiger partial charge in [0.2, 0.25) is 0 Å². The summed E-state index contributed by atoms with van der Waals surface area (Å²) < 4.78 is 31.5. The summed E-state index contributed by atoms with van der Waals surface area (Å²) in [6.07, 6.45) is 1.16. The predicted octanol–water partition coefficient (Wildman–Crippen LogP) is 2.73. The van der Waals surface area contributed by atoms with Crippen LogP contribution in [0.2, 0.25) is 0 Å². The summed E-state index contributed by atoms with van der Waals surface area (Å²) in [6, 6.07) is 4.72. The minimum absolute atomic E-state index is 0.0594. The van der Waals surface area contributed by atoms with Gasteiger partial charge in [0.1, 0.15) is 5.75 Å². The highest BCUT2D eigenvalue weighted by Gasteiger charge is 2.28. The lowest BCUT2D eigenvalue weighted by atomic mass is 10.0. The first-order valence-corrected chi connectivity index (χ1v) is 5.15. The number of aliphatic hydroxyl groups is 1. The molecule has 0 spiro atoms. The molecule has 0 saturated carbocycles. The molecule has 90 valence electrons. The van der Waals surface area contributed by atoms with Crippen LogP contribution in [-0.4, -0.2) is 18.8 Å². The van der Waals surface area contributed by atoms with Crippen molar-refractivity contribution in [3.63, 3.8) is 0 Å². The van der Waals surface area contributed by atoms with E-state index in [1.165, 1.54) is 13.2 Å². The number of benzene rings is 1. The molecule has 0 aliphatic carbocycles. The van der Waals surface area contributed by atoms with E-state index in [0.29, 0.717) is 12.8 Å². The van der Waals surface area contributed by atoms with Gasteiger partial charge in [-0.1, -0.05) is 6.07 Å². The highest BCUT2D eigenvalue weighted by atomic mass is 19.3. The fourth-order valence-electron chi connectivity index (χ4n) is 1.54. The smallest absolute Gasteiger partial charge is 0.274 e. The minimum atomic E-state index is -2.92. The molecule has 0 bridgehead atoms. The average Bonchev–Trinajstić information content (AvgIpc) is 2.24. The molecule has 0 aliphatic rings. The maximum atomic E-state index is 13.3. The van der Waals surface area contributed by atoms with Gasteiger partial charge in [-0.25, -0.2) is 8.78 Å². The summed E-state index contributed by atoms with van der Waals surface area (Å²) in [6.45, 7) is 0.907. The van der Waals surface area contributed by atoms with E-state index in [0.717, 1.165) is 12.5 Å². The molecule has 16 heavy (non-hydrogen) atoms. The van der Waals surface area contributed by atoms with E-state index in [1.807, 2.05) is 0 Å². The van der Waals surface area contributed by atoms with E-state index in [4.69, 9.17) is 9.84 Å². The second-order valence-electron chi connectivity index (χ2n) is 3.75. The molecule has 1 N–H and O–H groups in total. The molecule has 0 radical (unpaired) electrons. The van der Waals surface area contributed by atoms with E-state index in [2.05, 4.69) is 0 Å². The van der Waals surface area contributed by atoms with Gasteiger partial charge in [0.05, 0.1) is 12.7 Å². The first-order valence-electron chi connectivity index (χ1n) is 5.15. The van der Waals surface area contributed by atoms with Crippen molar-refractivity contribution in [2.75, 3.05) is 13.7 Å². The molecule has 0 heterocycles. The topological polar surface area (TPSA) is 29.5 Å². The number of hydrogen-bond acceptors (Lipinski definition) is 2. The van der Waals surface area contributed by atoms with Crippen molar-refractivity contribution in [1.82, 2.24) is 0 Å². The normalized spacial score (nSPS) is 11.6. The van der Waals surface area contributed by atoms with Crippen molar-refractivity contribution in [3.8, 4) is 5.75 Å².